The maximum absolute atomic E-state index is 12.6. The predicted molar refractivity (Wildman–Crippen MR) is 93.2 cm³/mol. The lowest BCUT2D eigenvalue weighted by Gasteiger charge is -2.43. The standard InChI is InChI=1S/C17H18N2O6S/c1-17(2)13(18-14(21)12(7-8-20)15(18)26-17)16(22)25-9-10-3-5-11(6-4-10)19(23)24/h3-6,8,12-13,15H,7,9H2,1-2H3/t12-,13-,15+/m0/s1. The summed E-state index contributed by atoms with van der Waals surface area (Å²) in [5, 5.41) is 10.5. The number of thioether (sulfide) groups is 1. The minimum Gasteiger partial charge on any atom is -0.459 e. The summed E-state index contributed by atoms with van der Waals surface area (Å²) in [6.07, 6.45) is 0.890. The second-order valence-corrected chi connectivity index (χ2v) is 8.57. The predicted octanol–water partition coefficient (Wildman–Crippen LogP) is 1.91. The topological polar surface area (TPSA) is 107 Å². The Bertz CT molecular complexity index is 763. The van der Waals surface area contributed by atoms with Crippen molar-refractivity contribution < 1.29 is 24.0 Å². The van der Waals surface area contributed by atoms with E-state index in [1.165, 1.54) is 40.9 Å². The van der Waals surface area contributed by atoms with E-state index in [1.54, 1.807) is 0 Å². The van der Waals surface area contributed by atoms with Gasteiger partial charge in [0, 0.05) is 23.3 Å². The van der Waals surface area contributed by atoms with Gasteiger partial charge in [-0.3, -0.25) is 14.9 Å². The molecule has 2 saturated heterocycles. The quantitative estimate of drug-likeness (QED) is 0.245. The van der Waals surface area contributed by atoms with Gasteiger partial charge in [0.25, 0.3) is 5.69 Å². The number of carbonyl (C=O) groups is 3. The highest BCUT2D eigenvalue weighted by Crippen LogP contribution is 2.54. The van der Waals surface area contributed by atoms with E-state index in [9.17, 15) is 24.5 Å². The Morgan fingerprint density at radius 2 is 2.04 bits per heavy atom. The molecule has 26 heavy (non-hydrogen) atoms. The molecule has 2 aliphatic rings. The lowest BCUT2D eigenvalue weighted by Crippen LogP contribution is -2.62. The zero-order chi connectivity index (χ0) is 19.1. The third-order valence-corrected chi connectivity index (χ3v) is 6.28. The number of aldehydes is 1. The van der Waals surface area contributed by atoms with E-state index < -0.39 is 21.7 Å². The van der Waals surface area contributed by atoms with Crippen LogP contribution in [0.2, 0.25) is 0 Å². The van der Waals surface area contributed by atoms with Crippen molar-refractivity contribution >= 4 is 35.6 Å². The Labute approximate surface area is 154 Å². The van der Waals surface area contributed by atoms with Crippen molar-refractivity contribution in [2.75, 3.05) is 0 Å². The van der Waals surface area contributed by atoms with E-state index in [0.717, 1.165) is 6.29 Å². The molecule has 0 unspecified atom stereocenters. The van der Waals surface area contributed by atoms with Crippen molar-refractivity contribution in [3.05, 3.63) is 39.9 Å². The fraction of sp³-hybridized carbons (Fsp3) is 0.471. The van der Waals surface area contributed by atoms with Crippen molar-refractivity contribution in [3.63, 3.8) is 0 Å². The summed E-state index contributed by atoms with van der Waals surface area (Å²) in [5.41, 5.74) is 0.585. The molecule has 2 aliphatic heterocycles. The number of hydrogen-bond acceptors (Lipinski definition) is 7. The van der Waals surface area contributed by atoms with Crippen LogP contribution in [-0.2, 0) is 25.7 Å². The number of hydrogen-bond donors (Lipinski definition) is 0. The van der Waals surface area contributed by atoms with Crippen LogP contribution in [0.3, 0.4) is 0 Å². The van der Waals surface area contributed by atoms with Crippen LogP contribution >= 0.6 is 11.8 Å². The smallest absolute Gasteiger partial charge is 0.330 e. The van der Waals surface area contributed by atoms with Gasteiger partial charge in [0.2, 0.25) is 5.91 Å². The molecule has 0 bridgehead atoms. The first-order valence-electron chi connectivity index (χ1n) is 8.10. The van der Waals surface area contributed by atoms with Gasteiger partial charge >= 0.3 is 5.97 Å². The van der Waals surface area contributed by atoms with Gasteiger partial charge in [-0.1, -0.05) is 0 Å². The van der Waals surface area contributed by atoms with Crippen LogP contribution in [-0.4, -0.2) is 44.1 Å². The second kappa shape index (κ2) is 6.71. The van der Waals surface area contributed by atoms with Gasteiger partial charge in [-0.15, -0.1) is 11.8 Å². The average Bonchev–Trinajstić information content (AvgIpc) is 2.86. The minimum absolute atomic E-state index is 0.0292. The molecule has 0 radical (unpaired) electrons. The zero-order valence-electron chi connectivity index (χ0n) is 14.3. The fourth-order valence-corrected chi connectivity index (χ4v) is 5.03. The molecule has 1 aromatic rings. The molecule has 0 aliphatic carbocycles. The molecule has 2 heterocycles. The summed E-state index contributed by atoms with van der Waals surface area (Å²) in [6.45, 7) is 3.72. The maximum atomic E-state index is 12.6. The molecule has 0 aromatic heterocycles. The van der Waals surface area contributed by atoms with Gasteiger partial charge in [-0.2, -0.15) is 0 Å². The van der Waals surface area contributed by atoms with Gasteiger partial charge in [0.1, 0.15) is 18.9 Å². The van der Waals surface area contributed by atoms with E-state index >= 15 is 0 Å². The van der Waals surface area contributed by atoms with Gasteiger partial charge in [-0.05, 0) is 31.5 Å². The first-order chi connectivity index (χ1) is 12.3. The summed E-state index contributed by atoms with van der Waals surface area (Å²) >= 11 is 1.50. The lowest BCUT2D eigenvalue weighted by molar-refractivity contribution is -0.384. The summed E-state index contributed by atoms with van der Waals surface area (Å²) in [6, 6.07) is 5.02. The van der Waals surface area contributed by atoms with E-state index in [-0.39, 0.29) is 35.9 Å². The largest absolute Gasteiger partial charge is 0.459 e. The number of carbonyl (C=O) groups excluding carboxylic acids is 3. The highest BCUT2D eigenvalue weighted by atomic mass is 32.2. The monoisotopic (exact) mass is 378 g/mol. The normalized spacial score (nSPS) is 26.0. The first kappa shape index (κ1) is 18.4. The minimum atomic E-state index is -0.717. The molecule has 3 rings (SSSR count). The number of nitro groups is 1. The molecular formula is C17H18N2O6S. The molecular weight excluding hydrogens is 360 g/mol. The van der Waals surface area contributed by atoms with E-state index in [4.69, 9.17) is 4.74 Å². The van der Waals surface area contributed by atoms with Crippen molar-refractivity contribution in [1.29, 1.82) is 0 Å². The van der Waals surface area contributed by atoms with E-state index in [2.05, 4.69) is 0 Å². The summed E-state index contributed by atoms with van der Waals surface area (Å²) in [4.78, 5) is 47.3. The van der Waals surface area contributed by atoms with Crippen LogP contribution in [0.15, 0.2) is 24.3 Å². The van der Waals surface area contributed by atoms with Gasteiger partial charge in [-0.25, -0.2) is 4.79 Å². The summed E-state index contributed by atoms with van der Waals surface area (Å²) in [7, 11) is 0. The number of fused-ring (bicyclic) bond motifs is 1. The molecule has 0 saturated carbocycles. The van der Waals surface area contributed by atoms with Crippen molar-refractivity contribution in [2.24, 2.45) is 5.92 Å². The molecule has 1 amide bonds. The molecule has 0 N–H and O–H groups in total. The Morgan fingerprint density at radius 1 is 1.38 bits per heavy atom. The Balaban J connectivity index is 1.66. The molecule has 1 aromatic carbocycles. The first-order valence-corrected chi connectivity index (χ1v) is 8.98. The molecule has 2 fully saturated rings. The SMILES string of the molecule is CC1(C)S[C@@H]2[C@@H](CC=O)C(=O)N2[C@H]1C(=O)OCc1ccc([N+](=O)[O-])cc1. The molecule has 0 spiro atoms. The highest BCUT2D eigenvalue weighted by Gasteiger charge is 2.63. The van der Waals surface area contributed by atoms with Crippen LogP contribution in [0.5, 0.6) is 0 Å². The summed E-state index contributed by atoms with van der Waals surface area (Å²) in [5.74, 6) is -1.08. The van der Waals surface area contributed by atoms with Crippen molar-refractivity contribution in [1.82, 2.24) is 4.90 Å². The van der Waals surface area contributed by atoms with Gasteiger partial charge < -0.3 is 14.4 Å². The zero-order valence-corrected chi connectivity index (χ0v) is 15.1. The van der Waals surface area contributed by atoms with E-state index in [0.29, 0.717) is 5.56 Å². The Morgan fingerprint density at radius 3 is 2.62 bits per heavy atom. The number of amides is 1. The van der Waals surface area contributed by atoms with Crippen LogP contribution in [0.4, 0.5) is 5.69 Å². The molecule has 138 valence electrons. The summed E-state index contributed by atoms with van der Waals surface area (Å²) < 4.78 is 4.84. The van der Waals surface area contributed by atoms with Crippen LogP contribution < -0.4 is 0 Å². The van der Waals surface area contributed by atoms with Crippen LogP contribution in [0.1, 0.15) is 25.8 Å². The molecule has 9 heteroatoms. The third-order valence-electron chi connectivity index (χ3n) is 4.65. The fourth-order valence-electron chi connectivity index (χ4n) is 3.34. The molecule has 3 atom stereocenters. The number of nitrogens with zero attached hydrogens (tertiary/aromatic N) is 2. The maximum Gasteiger partial charge on any atom is 0.330 e. The number of esters is 1. The van der Waals surface area contributed by atoms with Gasteiger partial charge in [0.15, 0.2) is 0 Å². The van der Waals surface area contributed by atoms with Crippen molar-refractivity contribution in [2.45, 2.75) is 43.0 Å². The van der Waals surface area contributed by atoms with Crippen LogP contribution in [0.25, 0.3) is 0 Å². The molecule has 8 nitrogen and oxygen atoms in total. The number of benzene rings is 1. The van der Waals surface area contributed by atoms with Crippen molar-refractivity contribution in [3.8, 4) is 0 Å². The number of non-ortho nitro benzene ring substituents is 1. The number of β-lactam (4-membered cyclic amide) rings is 1. The number of nitro benzene ring substituents is 1. The third kappa shape index (κ3) is 3.07. The number of rotatable bonds is 6. The van der Waals surface area contributed by atoms with Gasteiger partial charge in [0.05, 0.1) is 16.2 Å². The highest BCUT2D eigenvalue weighted by molar-refractivity contribution is 8.01. The Kier molecular flexibility index (Phi) is 4.74. The van der Waals surface area contributed by atoms with Crippen LogP contribution in [0, 0.1) is 16.0 Å². The Hall–Kier alpha value is -2.42. The lowest BCUT2D eigenvalue weighted by atomic mass is 9.90. The van der Waals surface area contributed by atoms with E-state index in [1.807, 2.05) is 13.8 Å². The second-order valence-electron chi connectivity index (χ2n) is 6.80. The number of ether oxygens (including phenoxy) is 1. The average molecular weight is 378 g/mol.